The van der Waals surface area contributed by atoms with Crippen molar-refractivity contribution in [3.8, 4) is 0 Å². The lowest BCUT2D eigenvalue weighted by Crippen LogP contribution is -2.40. The van der Waals surface area contributed by atoms with E-state index in [1.807, 2.05) is 20.8 Å². The first-order valence-electron chi connectivity index (χ1n) is 7.04. The Bertz CT molecular complexity index is 674. The summed E-state index contributed by atoms with van der Waals surface area (Å²) in [5, 5.41) is 4.15. The first-order valence-corrected chi connectivity index (χ1v) is 8.19. The molecule has 0 fully saturated rings. The summed E-state index contributed by atoms with van der Waals surface area (Å²) in [6, 6.07) is 1.30. The number of aromatic nitrogens is 3. The molecule has 0 saturated heterocycles. The van der Waals surface area contributed by atoms with Gasteiger partial charge in [-0.25, -0.2) is 17.9 Å². The molecule has 9 heteroatoms. The van der Waals surface area contributed by atoms with Gasteiger partial charge < -0.3 is 4.55 Å². The van der Waals surface area contributed by atoms with Crippen molar-refractivity contribution in [1.82, 2.24) is 19.5 Å². The van der Waals surface area contributed by atoms with Crippen LogP contribution in [0.25, 0.3) is 10.9 Å². The normalized spacial score (nSPS) is 16.7. The SMILES string of the molecule is C[C@@H](N[S@+]([O-])C(C)(C)C)c1cc2cnn(C(F)C(F)F)c2cn1. The number of nitrogens with zero attached hydrogens (tertiary/aromatic N) is 3. The van der Waals surface area contributed by atoms with Gasteiger partial charge in [0.15, 0.2) is 0 Å². The third-order valence-corrected chi connectivity index (χ3v) is 4.91. The highest BCUT2D eigenvalue weighted by molar-refractivity contribution is 7.90. The third-order valence-electron chi connectivity index (χ3n) is 3.23. The van der Waals surface area contributed by atoms with Crippen LogP contribution >= 0.6 is 0 Å². The number of alkyl halides is 3. The maximum atomic E-state index is 13.5. The van der Waals surface area contributed by atoms with Gasteiger partial charge in [0.25, 0.3) is 12.7 Å². The van der Waals surface area contributed by atoms with E-state index in [0.29, 0.717) is 15.8 Å². The minimum Gasteiger partial charge on any atom is -0.598 e. The molecule has 0 aliphatic heterocycles. The van der Waals surface area contributed by atoms with Crippen LogP contribution < -0.4 is 4.72 Å². The Morgan fingerprint density at radius 3 is 2.48 bits per heavy atom. The van der Waals surface area contributed by atoms with Gasteiger partial charge >= 0.3 is 0 Å². The van der Waals surface area contributed by atoms with Crippen molar-refractivity contribution in [2.75, 3.05) is 0 Å². The van der Waals surface area contributed by atoms with Crippen molar-refractivity contribution in [2.45, 2.75) is 51.2 Å². The number of halogens is 3. The predicted molar refractivity (Wildman–Crippen MR) is 83.1 cm³/mol. The number of hydrogen-bond donors (Lipinski definition) is 1. The highest BCUT2D eigenvalue weighted by Gasteiger charge is 2.29. The van der Waals surface area contributed by atoms with Crippen molar-refractivity contribution in [1.29, 1.82) is 0 Å². The Labute approximate surface area is 135 Å². The summed E-state index contributed by atoms with van der Waals surface area (Å²) >= 11 is -1.28. The highest BCUT2D eigenvalue weighted by atomic mass is 32.2. The fourth-order valence-corrected chi connectivity index (χ4v) is 2.70. The standard InChI is InChI=1S/C14H19F3N4OS/c1-8(20-23(22)14(2,3)4)10-5-9-6-19-21(11(9)7-18-10)13(17)12(15)16/h5-8,12-13,20H,1-4H3/t8-,13?,23-/m1/s1. The minimum absolute atomic E-state index is 0.186. The van der Waals surface area contributed by atoms with Gasteiger partial charge in [0.1, 0.15) is 4.75 Å². The Morgan fingerprint density at radius 1 is 1.26 bits per heavy atom. The van der Waals surface area contributed by atoms with Gasteiger partial charge in [0, 0.05) is 16.7 Å². The quantitative estimate of drug-likeness (QED) is 0.842. The molecule has 0 aliphatic rings. The summed E-state index contributed by atoms with van der Waals surface area (Å²) in [7, 11) is 0. The molecule has 0 spiro atoms. The van der Waals surface area contributed by atoms with Gasteiger partial charge in [-0.15, -0.1) is 4.72 Å². The molecule has 128 valence electrons. The second kappa shape index (κ2) is 6.66. The van der Waals surface area contributed by atoms with E-state index in [2.05, 4.69) is 14.8 Å². The summed E-state index contributed by atoms with van der Waals surface area (Å²) in [5.41, 5.74) is 0.757. The van der Waals surface area contributed by atoms with E-state index in [-0.39, 0.29) is 11.6 Å². The largest absolute Gasteiger partial charge is 0.598 e. The number of nitrogens with one attached hydrogen (secondary N) is 1. The van der Waals surface area contributed by atoms with Gasteiger partial charge in [0.05, 0.1) is 29.6 Å². The second-order valence-corrected chi connectivity index (χ2v) is 8.18. The first kappa shape index (κ1) is 18.0. The van der Waals surface area contributed by atoms with E-state index in [1.165, 1.54) is 12.4 Å². The van der Waals surface area contributed by atoms with Crippen LogP contribution in [0, 0.1) is 0 Å². The fourth-order valence-electron chi connectivity index (χ4n) is 1.90. The van der Waals surface area contributed by atoms with Gasteiger partial charge in [-0.2, -0.15) is 5.10 Å². The van der Waals surface area contributed by atoms with Crippen LogP contribution in [-0.2, 0) is 11.4 Å². The maximum absolute atomic E-state index is 13.5. The molecular weight excluding hydrogens is 329 g/mol. The van der Waals surface area contributed by atoms with Crippen molar-refractivity contribution in [2.24, 2.45) is 0 Å². The lowest BCUT2D eigenvalue weighted by Gasteiger charge is -2.26. The Balaban J connectivity index is 2.24. The van der Waals surface area contributed by atoms with Crippen LogP contribution in [0.3, 0.4) is 0 Å². The van der Waals surface area contributed by atoms with Crippen LogP contribution in [0.15, 0.2) is 18.5 Å². The zero-order chi connectivity index (χ0) is 17.4. The summed E-state index contributed by atoms with van der Waals surface area (Å²) < 4.78 is 53.6. The molecule has 2 heterocycles. The Kier molecular flexibility index (Phi) is 5.22. The number of hydrogen-bond acceptors (Lipinski definition) is 4. The lowest BCUT2D eigenvalue weighted by molar-refractivity contribution is 0.00341. The van der Waals surface area contributed by atoms with Crippen LogP contribution in [0.2, 0.25) is 0 Å². The molecule has 5 nitrogen and oxygen atoms in total. The van der Waals surface area contributed by atoms with Gasteiger partial charge in [-0.1, -0.05) is 0 Å². The molecule has 23 heavy (non-hydrogen) atoms. The molecule has 0 radical (unpaired) electrons. The van der Waals surface area contributed by atoms with E-state index in [4.69, 9.17) is 0 Å². The van der Waals surface area contributed by atoms with Gasteiger partial charge in [-0.3, -0.25) is 4.98 Å². The van der Waals surface area contributed by atoms with E-state index >= 15 is 0 Å². The van der Waals surface area contributed by atoms with Crippen molar-refractivity contribution < 1.29 is 17.7 Å². The topological polar surface area (TPSA) is 65.8 Å². The van der Waals surface area contributed by atoms with Crippen molar-refractivity contribution in [3.05, 3.63) is 24.2 Å². The third kappa shape index (κ3) is 3.96. The van der Waals surface area contributed by atoms with Crippen LogP contribution in [0.4, 0.5) is 13.2 Å². The minimum atomic E-state index is -3.16. The molecule has 3 atom stereocenters. The molecule has 0 saturated carbocycles. The lowest BCUT2D eigenvalue weighted by atomic mass is 10.2. The molecule has 2 aromatic rings. The Morgan fingerprint density at radius 2 is 1.91 bits per heavy atom. The molecule has 2 aromatic heterocycles. The molecule has 0 bridgehead atoms. The average molecular weight is 348 g/mol. The smallest absolute Gasteiger partial charge is 0.289 e. The molecule has 1 unspecified atom stereocenters. The van der Waals surface area contributed by atoms with E-state index in [0.717, 1.165) is 0 Å². The van der Waals surface area contributed by atoms with Crippen molar-refractivity contribution in [3.63, 3.8) is 0 Å². The number of fused-ring (bicyclic) bond motifs is 1. The van der Waals surface area contributed by atoms with Crippen LogP contribution in [-0.4, -0.2) is 30.5 Å². The summed E-state index contributed by atoms with van der Waals surface area (Å²) in [4.78, 5) is 4.15. The van der Waals surface area contributed by atoms with Crippen LogP contribution in [0.5, 0.6) is 0 Å². The summed E-state index contributed by atoms with van der Waals surface area (Å²) in [6.45, 7) is 7.32. The molecule has 0 aromatic carbocycles. The molecule has 2 rings (SSSR count). The second-order valence-electron chi connectivity index (χ2n) is 6.18. The molecule has 0 amide bonds. The first-order chi connectivity index (χ1) is 10.6. The molecular formula is C14H19F3N4OS. The molecule has 0 aliphatic carbocycles. The number of pyridine rings is 1. The number of rotatable bonds is 5. The zero-order valence-electron chi connectivity index (χ0n) is 13.3. The highest BCUT2D eigenvalue weighted by Crippen LogP contribution is 2.25. The Hall–Kier alpha value is -1.32. The zero-order valence-corrected chi connectivity index (χ0v) is 14.1. The van der Waals surface area contributed by atoms with Gasteiger partial charge in [-0.05, 0) is 33.8 Å². The van der Waals surface area contributed by atoms with E-state index < -0.39 is 28.8 Å². The predicted octanol–water partition coefficient (Wildman–Crippen LogP) is 3.28. The average Bonchev–Trinajstić information content (AvgIpc) is 2.87. The fraction of sp³-hybridized carbons (Fsp3) is 0.571. The van der Waals surface area contributed by atoms with Gasteiger partial charge in [0.2, 0.25) is 0 Å². The van der Waals surface area contributed by atoms with E-state index in [1.54, 1.807) is 13.0 Å². The summed E-state index contributed by atoms with van der Waals surface area (Å²) in [5.74, 6) is 0. The summed E-state index contributed by atoms with van der Waals surface area (Å²) in [6.07, 6.45) is -3.06. The van der Waals surface area contributed by atoms with Crippen LogP contribution in [0.1, 0.15) is 45.7 Å². The monoisotopic (exact) mass is 348 g/mol. The van der Waals surface area contributed by atoms with Crippen molar-refractivity contribution >= 4 is 22.3 Å². The van der Waals surface area contributed by atoms with E-state index in [9.17, 15) is 17.7 Å². The molecule has 1 N–H and O–H groups in total. The maximum Gasteiger partial charge on any atom is 0.289 e.